The van der Waals surface area contributed by atoms with Crippen LogP contribution in [0.4, 0.5) is 0 Å². The Balaban J connectivity index is 1.25. The lowest BCUT2D eigenvalue weighted by Gasteiger charge is -2.26. The number of carbonyl (C=O) groups is 1. The van der Waals surface area contributed by atoms with Gasteiger partial charge in [0.2, 0.25) is 0 Å². The Hall–Kier alpha value is -3.27. The quantitative estimate of drug-likeness (QED) is 0.391. The van der Waals surface area contributed by atoms with Gasteiger partial charge in [-0.05, 0) is 37.2 Å². The minimum atomic E-state index is -0.120. The van der Waals surface area contributed by atoms with E-state index in [-0.39, 0.29) is 5.91 Å². The summed E-state index contributed by atoms with van der Waals surface area (Å²) in [6.07, 6.45) is 6.35. The summed E-state index contributed by atoms with van der Waals surface area (Å²) in [5.74, 6) is -0.120. The molecule has 9 nitrogen and oxygen atoms in total. The predicted octanol–water partition coefficient (Wildman–Crippen LogP) is 2.77. The van der Waals surface area contributed by atoms with E-state index < -0.39 is 0 Å². The van der Waals surface area contributed by atoms with Gasteiger partial charge < -0.3 is 14.6 Å². The Bertz CT molecular complexity index is 1280. The maximum atomic E-state index is 12.9. The molecule has 5 rings (SSSR count). The van der Waals surface area contributed by atoms with Crippen molar-refractivity contribution in [1.82, 2.24) is 34.8 Å². The zero-order valence-electron chi connectivity index (χ0n) is 18.7. The highest BCUT2D eigenvalue weighted by Crippen LogP contribution is 2.23. The molecule has 1 aromatic carbocycles. The Kier molecular flexibility index (Phi) is 6.84. The fourth-order valence-electron chi connectivity index (χ4n) is 4.14. The molecule has 4 heterocycles. The summed E-state index contributed by atoms with van der Waals surface area (Å²) in [6, 6.07) is 11.1. The summed E-state index contributed by atoms with van der Waals surface area (Å²) in [7, 11) is 0. The molecular weight excluding hydrogens is 454 g/mol. The fraction of sp³-hybridized carbons (Fsp3) is 0.333. The van der Waals surface area contributed by atoms with Crippen molar-refractivity contribution in [3.05, 3.63) is 71.3 Å². The summed E-state index contributed by atoms with van der Waals surface area (Å²) in [6.45, 7) is 5.53. The molecule has 10 heteroatoms. The van der Waals surface area contributed by atoms with E-state index in [9.17, 15) is 4.79 Å². The highest BCUT2D eigenvalue weighted by Gasteiger charge is 2.15. The van der Waals surface area contributed by atoms with Gasteiger partial charge in [0.25, 0.3) is 5.91 Å². The first-order valence-electron chi connectivity index (χ1n) is 11.4. The van der Waals surface area contributed by atoms with Gasteiger partial charge in [-0.25, -0.2) is 9.67 Å². The van der Waals surface area contributed by atoms with Gasteiger partial charge >= 0.3 is 0 Å². The largest absolute Gasteiger partial charge is 0.379 e. The number of carbonyl (C=O) groups excluding carboxylic acids is 1. The average Bonchev–Trinajstić information content (AvgIpc) is 3.51. The van der Waals surface area contributed by atoms with E-state index in [0.717, 1.165) is 56.0 Å². The minimum absolute atomic E-state index is 0.120. The van der Waals surface area contributed by atoms with Gasteiger partial charge in [0.15, 0.2) is 0 Å². The van der Waals surface area contributed by atoms with Crippen LogP contribution < -0.4 is 5.32 Å². The van der Waals surface area contributed by atoms with Crippen molar-refractivity contribution in [3.63, 3.8) is 0 Å². The number of halogens is 1. The second-order valence-electron chi connectivity index (χ2n) is 8.21. The standard InChI is InChI=1S/C24H26ClN7O2/c25-21-6-9-26-23-19(21)7-11-31(23)16-18-17-32(29-28-18)22-5-2-1-4-20(22)24(33)27-8-3-10-30-12-14-34-15-13-30/h1-2,4-7,9,11,17H,3,8,10,12-16H2,(H,27,33). The Morgan fingerprint density at radius 2 is 2.00 bits per heavy atom. The van der Waals surface area contributed by atoms with Gasteiger partial charge in [-0.1, -0.05) is 28.9 Å². The van der Waals surface area contributed by atoms with Crippen molar-refractivity contribution in [2.24, 2.45) is 0 Å². The number of pyridine rings is 1. The van der Waals surface area contributed by atoms with Crippen LogP contribution in [0.5, 0.6) is 0 Å². The smallest absolute Gasteiger partial charge is 0.253 e. The lowest BCUT2D eigenvalue weighted by atomic mass is 10.1. The number of para-hydroxylation sites is 1. The van der Waals surface area contributed by atoms with Crippen molar-refractivity contribution >= 4 is 28.5 Å². The molecule has 0 atom stereocenters. The third-order valence-corrected chi connectivity index (χ3v) is 6.25. The molecule has 0 saturated carbocycles. The number of ether oxygens (including phenoxy) is 1. The lowest BCUT2D eigenvalue weighted by Crippen LogP contribution is -2.38. The van der Waals surface area contributed by atoms with Gasteiger partial charge in [-0.3, -0.25) is 9.69 Å². The van der Waals surface area contributed by atoms with Crippen LogP contribution in [0, 0.1) is 0 Å². The summed E-state index contributed by atoms with van der Waals surface area (Å²) < 4.78 is 8.99. The molecule has 1 aliphatic rings. The van der Waals surface area contributed by atoms with Crippen LogP contribution in [0.2, 0.25) is 5.02 Å². The van der Waals surface area contributed by atoms with Crippen LogP contribution in [-0.4, -0.2) is 74.7 Å². The molecule has 0 aliphatic carbocycles. The molecule has 176 valence electrons. The number of benzene rings is 1. The zero-order chi connectivity index (χ0) is 23.3. The van der Waals surface area contributed by atoms with Crippen LogP contribution >= 0.6 is 11.6 Å². The highest BCUT2D eigenvalue weighted by molar-refractivity contribution is 6.35. The second-order valence-corrected chi connectivity index (χ2v) is 8.62. The first-order valence-corrected chi connectivity index (χ1v) is 11.7. The molecule has 1 saturated heterocycles. The molecule has 1 N–H and O–H groups in total. The van der Waals surface area contributed by atoms with Gasteiger partial charge in [0.1, 0.15) is 11.3 Å². The van der Waals surface area contributed by atoms with Gasteiger partial charge in [-0.2, -0.15) is 0 Å². The van der Waals surface area contributed by atoms with E-state index in [1.807, 2.05) is 41.2 Å². The number of morpholine rings is 1. The molecule has 1 amide bonds. The van der Waals surface area contributed by atoms with Gasteiger partial charge in [-0.15, -0.1) is 5.10 Å². The van der Waals surface area contributed by atoms with Crippen molar-refractivity contribution in [2.45, 2.75) is 13.0 Å². The first kappa shape index (κ1) is 22.5. The lowest BCUT2D eigenvalue weighted by molar-refractivity contribution is 0.0374. The van der Waals surface area contributed by atoms with Crippen molar-refractivity contribution in [3.8, 4) is 5.69 Å². The molecule has 1 aliphatic heterocycles. The number of aromatic nitrogens is 5. The number of hydrogen-bond donors (Lipinski definition) is 1. The predicted molar refractivity (Wildman–Crippen MR) is 129 cm³/mol. The van der Waals surface area contributed by atoms with Crippen molar-refractivity contribution in [1.29, 1.82) is 0 Å². The van der Waals surface area contributed by atoms with Crippen LogP contribution in [0.3, 0.4) is 0 Å². The van der Waals surface area contributed by atoms with Gasteiger partial charge in [0.05, 0.1) is 42.2 Å². The third kappa shape index (κ3) is 4.96. The number of fused-ring (bicyclic) bond motifs is 1. The summed E-state index contributed by atoms with van der Waals surface area (Å²) in [4.78, 5) is 19.7. The summed E-state index contributed by atoms with van der Waals surface area (Å²) in [5, 5.41) is 13.2. The number of nitrogens with one attached hydrogen (secondary N) is 1. The molecule has 1 fully saturated rings. The van der Waals surface area contributed by atoms with Gasteiger partial charge in [0, 0.05) is 37.4 Å². The fourth-order valence-corrected chi connectivity index (χ4v) is 4.34. The van der Waals surface area contributed by atoms with E-state index in [2.05, 4.69) is 25.5 Å². The van der Waals surface area contributed by atoms with E-state index in [4.69, 9.17) is 16.3 Å². The van der Waals surface area contributed by atoms with E-state index in [1.54, 1.807) is 23.0 Å². The molecule has 4 aromatic rings. The van der Waals surface area contributed by atoms with E-state index in [1.165, 1.54) is 0 Å². The maximum absolute atomic E-state index is 12.9. The molecule has 0 bridgehead atoms. The Labute approximate surface area is 202 Å². The average molecular weight is 480 g/mol. The van der Waals surface area contributed by atoms with Crippen LogP contribution in [0.1, 0.15) is 22.5 Å². The monoisotopic (exact) mass is 479 g/mol. The van der Waals surface area contributed by atoms with Crippen LogP contribution in [0.25, 0.3) is 16.7 Å². The van der Waals surface area contributed by atoms with E-state index >= 15 is 0 Å². The molecule has 3 aromatic heterocycles. The van der Waals surface area contributed by atoms with Crippen LogP contribution in [0.15, 0.2) is 55.0 Å². The molecule has 0 unspecified atom stereocenters. The SMILES string of the molecule is O=C(NCCCN1CCOCC1)c1ccccc1-n1cc(Cn2ccc3c(Cl)ccnc32)nn1. The second kappa shape index (κ2) is 10.3. The molecular formula is C24H26ClN7O2. The Morgan fingerprint density at radius 3 is 2.88 bits per heavy atom. The highest BCUT2D eigenvalue weighted by atomic mass is 35.5. The number of amides is 1. The Morgan fingerprint density at radius 1 is 1.15 bits per heavy atom. The third-order valence-electron chi connectivity index (χ3n) is 5.92. The number of hydrogen-bond acceptors (Lipinski definition) is 6. The summed E-state index contributed by atoms with van der Waals surface area (Å²) in [5.41, 5.74) is 2.79. The maximum Gasteiger partial charge on any atom is 0.253 e. The van der Waals surface area contributed by atoms with Crippen molar-refractivity contribution in [2.75, 3.05) is 39.4 Å². The zero-order valence-corrected chi connectivity index (χ0v) is 19.5. The number of nitrogens with zero attached hydrogens (tertiary/aromatic N) is 6. The van der Waals surface area contributed by atoms with Crippen molar-refractivity contribution < 1.29 is 9.53 Å². The first-order chi connectivity index (χ1) is 16.7. The molecule has 0 spiro atoms. The van der Waals surface area contributed by atoms with Crippen LogP contribution in [-0.2, 0) is 11.3 Å². The minimum Gasteiger partial charge on any atom is -0.379 e. The molecule has 34 heavy (non-hydrogen) atoms. The normalized spacial score (nSPS) is 14.5. The summed E-state index contributed by atoms with van der Waals surface area (Å²) >= 11 is 6.26. The van der Waals surface area contributed by atoms with E-state index in [0.29, 0.717) is 29.4 Å². The number of rotatable bonds is 8. The molecule has 0 radical (unpaired) electrons. The topological polar surface area (TPSA) is 90.1 Å².